The van der Waals surface area contributed by atoms with Crippen molar-refractivity contribution in [1.82, 2.24) is 15.5 Å². The van der Waals surface area contributed by atoms with Crippen LogP contribution in [0.5, 0.6) is 0 Å². The van der Waals surface area contributed by atoms with Crippen LogP contribution in [0.15, 0.2) is 46.8 Å². The molecule has 26 heavy (non-hydrogen) atoms. The highest BCUT2D eigenvalue weighted by Gasteiger charge is 2.23. The molecule has 1 aromatic carbocycles. The summed E-state index contributed by atoms with van der Waals surface area (Å²) < 4.78 is 0. The van der Waals surface area contributed by atoms with Gasteiger partial charge in [-0.05, 0) is 55.4 Å². The Balaban J connectivity index is 0.00000243. The number of hydrogen-bond donors (Lipinski definition) is 2. The molecule has 2 N–H and O–H groups in total. The highest BCUT2D eigenvalue weighted by atomic mass is 127. The Morgan fingerprint density at radius 3 is 2.50 bits per heavy atom. The molecule has 1 aliphatic heterocycles. The molecule has 1 saturated heterocycles. The van der Waals surface area contributed by atoms with Crippen LogP contribution < -0.4 is 10.6 Å². The second kappa shape index (κ2) is 10.9. The van der Waals surface area contributed by atoms with E-state index in [0.29, 0.717) is 6.04 Å². The fourth-order valence-electron chi connectivity index (χ4n) is 3.35. The second-order valence-electron chi connectivity index (χ2n) is 6.50. The Morgan fingerprint density at radius 1 is 1.15 bits per heavy atom. The number of benzene rings is 1. The van der Waals surface area contributed by atoms with E-state index in [0.717, 1.165) is 19.0 Å². The topological polar surface area (TPSA) is 39.7 Å². The van der Waals surface area contributed by atoms with Crippen LogP contribution in [0.4, 0.5) is 0 Å². The van der Waals surface area contributed by atoms with Gasteiger partial charge in [0, 0.05) is 18.5 Å². The Hall–Kier alpha value is -1.12. The number of guanidine groups is 1. The molecule has 0 bridgehead atoms. The lowest BCUT2D eigenvalue weighted by Crippen LogP contribution is -2.42. The maximum absolute atomic E-state index is 4.39. The third kappa shape index (κ3) is 5.69. The zero-order chi connectivity index (χ0) is 17.5. The van der Waals surface area contributed by atoms with Crippen molar-refractivity contribution < 1.29 is 0 Å². The Labute approximate surface area is 178 Å². The minimum absolute atomic E-state index is 0. The molecule has 142 valence electrons. The zero-order valence-corrected chi connectivity index (χ0v) is 18.7. The van der Waals surface area contributed by atoms with Crippen molar-refractivity contribution in [2.24, 2.45) is 4.99 Å². The van der Waals surface area contributed by atoms with Crippen molar-refractivity contribution in [1.29, 1.82) is 0 Å². The first-order valence-electron chi connectivity index (χ1n) is 9.04. The molecule has 1 atom stereocenters. The van der Waals surface area contributed by atoms with Gasteiger partial charge in [0.1, 0.15) is 0 Å². The smallest absolute Gasteiger partial charge is 0.191 e. The summed E-state index contributed by atoms with van der Waals surface area (Å²) in [4.78, 5) is 8.34. The lowest BCUT2D eigenvalue weighted by molar-refractivity contribution is 0.245. The molecular weight excluding hydrogens is 455 g/mol. The van der Waals surface area contributed by atoms with E-state index in [4.69, 9.17) is 0 Å². The first-order valence-corrected chi connectivity index (χ1v) is 9.92. The van der Waals surface area contributed by atoms with E-state index in [1.165, 1.54) is 41.9 Å². The number of nitrogens with one attached hydrogen (secondary N) is 2. The zero-order valence-electron chi connectivity index (χ0n) is 15.6. The van der Waals surface area contributed by atoms with Gasteiger partial charge in [-0.15, -0.1) is 35.3 Å². The second-order valence-corrected chi connectivity index (χ2v) is 7.50. The van der Waals surface area contributed by atoms with E-state index in [9.17, 15) is 0 Å². The number of rotatable bonds is 6. The molecule has 1 aliphatic rings. The molecule has 0 saturated carbocycles. The maximum atomic E-state index is 4.39. The van der Waals surface area contributed by atoms with Gasteiger partial charge in [-0.1, -0.05) is 30.3 Å². The van der Waals surface area contributed by atoms with Crippen molar-refractivity contribution in [3.05, 3.63) is 57.8 Å². The number of halogens is 1. The van der Waals surface area contributed by atoms with Crippen LogP contribution >= 0.6 is 35.3 Å². The predicted molar refractivity (Wildman–Crippen MR) is 123 cm³/mol. The van der Waals surface area contributed by atoms with Crippen molar-refractivity contribution in [3.8, 4) is 0 Å². The van der Waals surface area contributed by atoms with Gasteiger partial charge in [-0.3, -0.25) is 9.89 Å². The van der Waals surface area contributed by atoms with Gasteiger partial charge in [-0.25, -0.2) is 0 Å². The van der Waals surface area contributed by atoms with Gasteiger partial charge in [0.25, 0.3) is 0 Å². The lowest BCUT2D eigenvalue weighted by atomic mass is 10.1. The highest BCUT2D eigenvalue weighted by molar-refractivity contribution is 14.0. The number of aryl methyl sites for hydroxylation is 1. The van der Waals surface area contributed by atoms with Crippen molar-refractivity contribution >= 4 is 41.3 Å². The minimum Gasteiger partial charge on any atom is -0.354 e. The predicted octanol–water partition coefficient (Wildman–Crippen LogP) is 4.18. The summed E-state index contributed by atoms with van der Waals surface area (Å²) in [6.07, 6.45) is 2.60. The number of thiophene rings is 1. The summed E-state index contributed by atoms with van der Waals surface area (Å²) in [7, 11) is 1.84. The van der Waals surface area contributed by atoms with E-state index in [2.05, 4.69) is 69.2 Å². The van der Waals surface area contributed by atoms with Gasteiger partial charge in [0.05, 0.1) is 12.6 Å². The molecular formula is C20H29IN4S. The number of hydrogen-bond acceptors (Lipinski definition) is 3. The molecule has 0 amide bonds. The average Bonchev–Trinajstić information content (AvgIpc) is 3.31. The lowest BCUT2D eigenvalue weighted by Gasteiger charge is -2.29. The van der Waals surface area contributed by atoms with Crippen molar-refractivity contribution in [2.75, 3.05) is 26.7 Å². The van der Waals surface area contributed by atoms with Gasteiger partial charge in [0.15, 0.2) is 5.96 Å². The van der Waals surface area contributed by atoms with Gasteiger partial charge in [-0.2, -0.15) is 0 Å². The molecule has 1 unspecified atom stereocenters. The van der Waals surface area contributed by atoms with E-state index in [-0.39, 0.29) is 24.0 Å². The third-order valence-electron chi connectivity index (χ3n) is 4.84. The average molecular weight is 484 g/mol. The summed E-state index contributed by atoms with van der Waals surface area (Å²) >= 11 is 1.79. The van der Waals surface area contributed by atoms with Crippen LogP contribution in [0.3, 0.4) is 0 Å². The van der Waals surface area contributed by atoms with Crippen LogP contribution in [-0.2, 0) is 6.54 Å². The summed E-state index contributed by atoms with van der Waals surface area (Å²) in [6, 6.07) is 13.4. The quantitative estimate of drug-likeness (QED) is 0.367. The van der Waals surface area contributed by atoms with Crippen LogP contribution in [0.1, 0.15) is 34.9 Å². The molecule has 0 spiro atoms. The SMILES string of the molecule is CN=C(NCc1sccc1C)NCC(c1ccccc1)N1CCCC1.I. The molecule has 0 aliphatic carbocycles. The minimum atomic E-state index is 0. The summed E-state index contributed by atoms with van der Waals surface area (Å²) in [6.45, 7) is 6.21. The monoisotopic (exact) mass is 484 g/mol. The number of aliphatic imine (C=N–C) groups is 1. The molecule has 1 fully saturated rings. The molecule has 3 rings (SSSR count). The fourth-order valence-corrected chi connectivity index (χ4v) is 4.20. The van der Waals surface area contributed by atoms with Crippen LogP contribution in [0.25, 0.3) is 0 Å². The molecule has 4 nitrogen and oxygen atoms in total. The fraction of sp³-hybridized carbons (Fsp3) is 0.450. The molecule has 6 heteroatoms. The number of nitrogens with zero attached hydrogens (tertiary/aromatic N) is 2. The summed E-state index contributed by atoms with van der Waals surface area (Å²) in [5.74, 6) is 0.868. The van der Waals surface area contributed by atoms with E-state index in [1.54, 1.807) is 11.3 Å². The Bertz CT molecular complexity index is 680. The van der Waals surface area contributed by atoms with Crippen molar-refractivity contribution in [2.45, 2.75) is 32.4 Å². The number of likely N-dealkylation sites (tertiary alicyclic amines) is 1. The van der Waals surface area contributed by atoms with Crippen molar-refractivity contribution in [3.63, 3.8) is 0 Å². The van der Waals surface area contributed by atoms with Gasteiger partial charge < -0.3 is 10.6 Å². The molecule has 1 aromatic heterocycles. The molecule has 0 radical (unpaired) electrons. The standard InChI is InChI=1S/C20H28N4S.HI/c1-16-10-13-25-19(16)15-23-20(21-2)22-14-18(24-11-6-7-12-24)17-8-4-3-5-9-17;/h3-5,8-10,13,18H,6-7,11-12,14-15H2,1-2H3,(H2,21,22,23);1H. The van der Waals surface area contributed by atoms with E-state index < -0.39 is 0 Å². The van der Waals surface area contributed by atoms with Crippen LogP contribution in [-0.4, -0.2) is 37.5 Å². The normalized spacial score (nSPS) is 16.2. The first-order chi connectivity index (χ1) is 12.3. The molecule has 2 aromatic rings. The first kappa shape index (κ1) is 21.2. The Morgan fingerprint density at radius 2 is 1.88 bits per heavy atom. The Kier molecular flexibility index (Phi) is 8.87. The largest absolute Gasteiger partial charge is 0.354 e. The maximum Gasteiger partial charge on any atom is 0.191 e. The third-order valence-corrected chi connectivity index (χ3v) is 5.86. The van der Waals surface area contributed by atoms with E-state index in [1.807, 2.05) is 7.05 Å². The summed E-state index contributed by atoms with van der Waals surface area (Å²) in [5.41, 5.74) is 2.72. The molecule has 2 heterocycles. The highest BCUT2D eigenvalue weighted by Crippen LogP contribution is 2.24. The van der Waals surface area contributed by atoms with E-state index >= 15 is 0 Å². The van der Waals surface area contributed by atoms with Crippen LogP contribution in [0, 0.1) is 6.92 Å². The van der Waals surface area contributed by atoms with Gasteiger partial charge in [0.2, 0.25) is 0 Å². The van der Waals surface area contributed by atoms with Crippen LogP contribution in [0.2, 0.25) is 0 Å². The summed E-state index contributed by atoms with van der Waals surface area (Å²) in [5, 5.41) is 9.11. The van der Waals surface area contributed by atoms with Gasteiger partial charge >= 0.3 is 0 Å².